The van der Waals surface area contributed by atoms with E-state index in [1.54, 1.807) is 0 Å². The van der Waals surface area contributed by atoms with Crippen molar-refractivity contribution < 1.29 is 9.31 Å². The zero-order chi connectivity index (χ0) is 10.3. The number of fused-ring (bicyclic) bond motifs is 1. The Kier molecular flexibility index (Phi) is 1.96. The summed E-state index contributed by atoms with van der Waals surface area (Å²) < 4.78 is 13.0. The van der Waals surface area contributed by atoms with Crippen molar-refractivity contribution in [3.63, 3.8) is 0 Å². The maximum atomic E-state index is 13.0. The van der Waals surface area contributed by atoms with Crippen molar-refractivity contribution in [1.29, 1.82) is 0 Å². The Balaban J connectivity index is 2.63. The predicted molar refractivity (Wildman–Crippen MR) is 48.3 cm³/mol. The van der Waals surface area contributed by atoms with E-state index in [0.29, 0.717) is 24.0 Å². The van der Waals surface area contributed by atoms with E-state index in [9.17, 15) is 14.5 Å². The maximum absolute atomic E-state index is 13.0. The first-order valence-electron chi connectivity index (χ1n) is 4.32. The minimum Gasteiger partial charge on any atom is -0.324 e. The first-order chi connectivity index (χ1) is 6.59. The summed E-state index contributed by atoms with van der Waals surface area (Å²) >= 11 is 0. The van der Waals surface area contributed by atoms with E-state index < -0.39 is 10.7 Å². The van der Waals surface area contributed by atoms with E-state index in [4.69, 9.17) is 5.73 Å². The maximum Gasteiger partial charge on any atom is 0.275 e. The fourth-order valence-corrected chi connectivity index (χ4v) is 1.86. The van der Waals surface area contributed by atoms with Gasteiger partial charge in [-0.1, -0.05) is 0 Å². The summed E-state index contributed by atoms with van der Waals surface area (Å²) in [6, 6.07) is 1.98. The van der Waals surface area contributed by atoms with Crippen LogP contribution in [0.5, 0.6) is 0 Å². The molecule has 0 saturated heterocycles. The number of rotatable bonds is 1. The fraction of sp³-hybridized carbons (Fsp3) is 0.333. The molecule has 1 aromatic rings. The van der Waals surface area contributed by atoms with Gasteiger partial charge in [0.2, 0.25) is 0 Å². The third kappa shape index (κ3) is 1.26. The molecule has 5 heteroatoms. The SMILES string of the molecule is N[C@@H]1CCc2c1cc(F)cc2[N+](=O)[O-]. The molecule has 1 aliphatic rings. The first-order valence-corrected chi connectivity index (χ1v) is 4.32. The van der Waals surface area contributed by atoms with Crippen molar-refractivity contribution in [3.8, 4) is 0 Å². The van der Waals surface area contributed by atoms with Crippen molar-refractivity contribution in [2.45, 2.75) is 18.9 Å². The van der Waals surface area contributed by atoms with Gasteiger partial charge in [0.1, 0.15) is 5.82 Å². The summed E-state index contributed by atoms with van der Waals surface area (Å²) in [6.45, 7) is 0. The molecule has 74 valence electrons. The molecule has 0 saturated carbocycles. The molecule has 0 amide bonds. The van der Waals surface area contributed by atoms with Crippen LogP contribution in [0.15, 0.2) is 12.1 Å². The Morgan fingerprint density at radius 2 is 2.29 bits per heavy atom. The van der Waals surface area contributed by atoms with Gasteiger partial charge in [0.15, 0.2) is 0 Å². The minimum absolute atomic E-state index is 0.145. The molecule has 0 aromatic heterocycles. The Bertz CT molecular complexity index is 406. The lowest BCUT2D eigenvalue weighted by Gasteiger charge is -2.04. The Hall–Kier alpha value is -1.49. The van der Waals surface area contributed by atoms with Crippen molar-refractivity contribution in [2.75, 3.05) is 0 Å². The van der Waals surface area contributed by atoms with E-state index in [-0.39, 0.29) is 11.7 Å². The summed E-state index contributed by atoms with van der Waals surface area (Å²) in [5.74, 6) is -0.590. The fourth-order valence-electron chi connectivity index (χ4n) is 1.86. The summed E-state index contributed by atoms with van der Waals surface area (Å²) in [7, 11) is 0. The lowest BCUT2D eigenvalue weighted by Crippen LogP contribution is -2.06. The van der Waals surface area contributed by atoms with Gasteiger partial charge in [-0.2, -0.15) is 0 Å². The van der Waals surface area contributed by atoms with Crippen molar-refractivity contribution in [1.82, 2.24) is 0 Å². The van der Waals surface area contributed by atoms with Crippen LogP contribution < -0.4 is 5.73 Å². The number of hydrogen-bond donors (Lipinski definition) is 1. The third-order valence-corrected chi connectivity index (χ3v) is 2.53. The standard InChI is InChI=1S/C9H9FN2O2/c10-5-3-7-6(1-2-8(7)11)9(4-5)12(13)14/h3-4,8H,1-2,11H2/t8-/m1/s1. The summed E-state index contributed by atoms with van der Waals surface area (Å²) in [5, 5.41) is 10.6. The highest BCUT2D eigenvalue weighted by atomic mass is 19.1. The smallest absolute Gasteiger partial charge is 0.275 e. The molecule has 0 radical (unpaired) electrons. The molecule has 1 aliphatic carbocycles. The Labute approximate surface area is 79.7 Å². The van der Waals surface area contributed by atoms with Gasteiger partial charge in [-0.25, -0.2) is 4.39 Å². The first kappa shape index (κ1) is 9.08. The van der Waals surface area contributed by atoms with Gasteiger partial charge in [0.05, 0.1) is 11.0 Å². The molecule has 0 spiro atoms. The van der Waals surface area contributed by atoms with Gasteiger partial charge < -0.3 is 5.73 Å². The van der Waals surface area contributed by atoms with Gasteiger partial charge in [0.25, 0.3) is 5.69 Å². The van der Waals surface area contributed by atoms with Crippen molar-refractivity contribution >= 4 is 5.69 Å². The van der Waals surface area contributed by atoms with E-state index in [2.05, 4.69) is 0 Å². The zero-order valence-corrected chi connectivity index (χ0v) is 7.37. The lowest BCUT2D eigenvalue weighted by atomic mass is 10.1. The molecule has 1 atom stereocenters. The lowest BCUT2D eigenvalue weighted by molar-refractivity contribution is -0.385. The van der Waals surface area contributed by atoms with Gasteiger partial charge >= 0.3 is 0 Å². The van der Waals surface area contributed by atoms with Gasteiger partial charge in [-0.05, 0) is 24.5 Å². The van der Waals surface area contributed by atoms with Crippen LogP contribution in [0.25, 0.3) is 0 Å². The molecule has 0 bridgehead atoms. The van der Waals surface area contributed by atoms with Crippen LogP contribution in [0.4, 0.5) is 10.1 Å². The second kappa shape index (κ2) is 3.02. The number of nitro benzene ring substituents is 1. The normalized spacial score (nSPS) is 19.4. The number of halogens is 1. The monoisotopic (exact) mass is 196 g/mol. The third-order valence-electron chi connectivity index (χ3n) is 2.53. The number of hydrogen-bond acceptors (Lipinski definition) is 3. The highest BCUT2D eigenvalue weighted by Gasteiger charge is 2.27. The zero-order valence-electron chi connectivity index (χ0n) is 7.37. The van der Waals surface area contributed by atoms with Crippen LogP contribution in [-0.4, -0.2) is 4.92 Å². The molecule has 14 heavy (non-hydrogen) atoms. The quantitative estimate of drug-likeness (QED) is 0.548. The topological polar surface area (TPSA) is 69.2 Å². The molecule has 2 N–H and O–H groups in total. The molecule has 0 unspecified atom stereocenters. The number of nitrogens with zero attached hydrogens (tertiary/aromatic N) is 1. The number of nitrogens with two attached hydrogens (primary N) is 1. The van der Waals surface area contributed by atoms with Crippen LogP contribution >= 0.6 is 0 Å². The second-order valence-electron chi connectivity index (χ2n) is 3.39. The minimum atomic E-state index is -0.590. The average Bonchev–Trinajstić information content (AvgIpc) is 2.47. The van der Waals surface area contributed by atoms with E-state index in [0.717, 1.165) is 6.07 Å². The predicted octanol–water partition coefficient (Wildman–Crippen LogP) is 1.68. The molecular formula is C9H9FN2O2. The number of benzene rings is 1. The van der Waals surface area contributed by atoms with Crippen LogP contribution in [-0.2, 0) is 6.42 Å². The van der Waals surface area contributed by atoms with Crippen molar-refractivity contribution in [2.24, 2.45) is 5.73 Å². The summed E-state index contributed by atoms with van der Waals surface area (Å²) in [4.78, 5) is 10.1. The number of nitro groups is 1. The van der Waals surface area contributed by atoms with Gasteiger partial charge in [-0.15, -0.1) is 0 Å². The summed E-state index contributed by atoms with van der Waals surface area (Å²) in [5.41, 5.74) is 6.72. The Morgan fingerprint density at radius 3 is 2.93 bits per heavy atom. The highest BCUT2D eigenvalue weighted by molar-refractivity contribution is 5.49. The molecule has 4 nitrogen and oxygen atoms in total. The van der Waals surface area contributed by atoms with Crippen LogP contribution in [0.1, 0.15) is 23.6 Å². The average molecular weight is 196 g/mol. The highest BCUT2D eigenvalue weighted by Crippen LogP contribution is 2.36. The Morgan fingerprint density at radius 1 is 1.57 bits per heavy atom. The van der Waals surface area contributed by atoms with Crippen LogP contribution in [0.2, 0.25) is 0 Å². The van der Waals surface area contributed by atoms with E-state index in [1.165, 1.54) is 6.07 Å². The molecule has 0 heterocycles. The largest absolute Gasteiger partial charge is 0.324 e. The van der Waals surface area contributed by atoms with E-state index in [1.807, 2.05) is 0 Å². The van der Waals surface area contributed by atoms with Gasteiger partial charge in [0, 0.05) is 11.6 Å². The molecule has 1 aromatic carbocycles. The molecule has 0 aliphatic heterocycles. The van der Waals surface area contributed by atoms with E-state index >= 15 is 0 Å². The van der Waals surface area contributed by atoms with Crippen molar-refractivity contribution in [3.05, 3.63) is 39.2 Å². The van der Waals surface area contributed by atoms with Crippen LogP contribution in [0, 0.1) is 15.9 Å². The second-order valence-corrected chi connectivity index (χ2v) is 3.39. The molecule has 2 rings (SSSR count). The molecular weight excluding hydrogens is 187 g/mol. The summed E-state index contributed by atoms with van der Waals surface area (Å²) in [6.07, 6.45) is 1.21. The van der Waals surface area contributed by atoms with Gasteiger partial charge in [-0.3, -0.25) is 10.1 Å². The molecule has 0 fully saturated rings. The van der Waals surface area contributed by atoms with Crippen LogP contribution in [0.3, 0.4) is 0 Å².